The standard InChI is InChI=1S/C23H32N2O3S/c1-27-13-11-24-23(26)22-21(18-9-5-6-10-20(18)29-22)19-16-25(12-14-28-19)15-17-7-3-2-4-8-17/h5-6,9-10,17,19H,2-4,7-8,11-16H2,1H3,(H,24,26). The lowest BCUT2D eigenvalue weighted by atomic mass is 9.88. The summed E-state index contributed by atoms with van der Waals surface area (Å²) >= 11 is 1.57. The molecule has 4 rings (SSSR count). The van der Waals surface area contributed by atoms with Crippen LogP contribution in [0.5, 0.6) is 0 Å². The predicted octanol–water partition coefficient (Wildman–Crippen LogP) is 4.23. The van der Waals surface area contributed by atoms with Gasteiger partial charge in [-0.25, -0.2) is 0 Å². The number of carbonyl (C=O) groups is 1. The lowest BCUT2D eigenvalue weighted by Gasteiger charge is -2.36. The largest absolute Gasteiger partial charge is 0.383 e. The highest BCUT2D eigenvalue weighted by Crippen LogP contribution is 2.38. The van der Waals surface area contributed by atoms with Gasteiger partial charge in [0.15, 0.2) is 0 Å². The molecule has 1 aromatic heterocycles. The average molecular weight is 417 g/mol. The van der Waals surface area contributed by atoms with E-state index in [0.717, 1.165) is 52.7 Å². The van der Waals surface area contributed by atoms with Gasteiger partial charge in [-0.2, -0.15) is 0 Å². The molecular weight excluding hydrogens is 384 g/mol. The first-order valence-electron chi connectivity index (χ1n) is 10.9. The van der Waals surface area contributed by atoms with Crippen LogP contribution < -0.4 is 5.32 Å². The smallest absolute Gasteiger partial charge is 0.261 e. The van der Waals surface area contributed by atoms with Crippen LogP contribution in [0.25, 0.3) is 10.1 Å². The highest BCUT2D eigenvalue weighted by molar-refractivity contribution is 7.21. The summed E-state index contributed by atoms with van der Waals surface area (Å²) in [5.41, 5.74) is 1.06. The number of thiophene rings is 1. The zero-order valence-corrected chi connectivity index (χ0v) is 18.1. The number of nitrogens with one attached hydrogen (secondary N) is 1. The lowest BCUT2D eigenvalue weighted by Crippen LogP contribution is -2.41. The molecule has 2 aromatic rings. The van der Waals surface area contributed by atoms with E-state index < -0.39 is 0 Å². The van der Waals surface area contributed by atoms with Crippen molar-refractivity contribution in [1.29, 1.82) is 0 Å². The van der Waals surface area contributed by atoms with Crippen LogP contribution in [0.3, 0.4) is 0 Å². The summed E-state index contributed by atoms with van der Waals surface area (Å²) in [7, 11) is 1.65. The number of fused-ring (bicyclic) bond motifs is 1. The molecule has 2 aliphatic rings. The van der Waals surface area contributed by atoms with Gasteiger partial charge < -0.3 is 14.8 Å². The number of carbonyl (C=O) groups excluding carboxylic acids is 1. The van der Waals surface area contributed by atoms with Crippen molar-refractivity contribution in [1.82, 2.24) is 10.2 Å². The molecule has 2 fully saturated rings. The Labute approximate surface area is 177 Å². The minimum absolute atomic E-state index is 0.0220. The third-order valence-electron chi connectivity index (χ3n) is 6.15. The van der Waals surface area contributed by atoms with E-state index in [-0.39, 0.29) is 12.0 Å². The Bertz CT molecular complexity index is 816. The third kappa shape index (κ3) is 5.00. The van der Waals surface area contributed by atoms with E-state index in [0.29, 0.717) is 13.2 Å². The Morgan fingerprint density at radius 3 is 2.93 bits per heavy atom. The van der Waals surface area contributed by atoms with Crippen molar-refractivity contribution in [3.63, 3.8) is 0 Å². The number of rotatable bonds is 7. The van der Waals surface area contributed by atoms with E-state index in [2.05, 4.69) is 22.3 Å². The number of morpholine rings is 1. The molecule has 1 aliphatic heterocycles. The highest BCUT2D eigenvalue weighted by atomic mass is 32.1. The first kappa shape index (κ1) is 20.8. The van der Waals surface area contributed by atoms with E-state index in [1.807, 2.05) is 12.1 Å². The normalized spacial score (nSPS) is 21.5. The van der Waals surface area contributed by atoms with Crippen LogP contribution in [0.15, 0.2) is 24.3 Å². The van der Waals surface area contributed by atoms with Gasteiger partial charge in [0.2, 0.25) is 0 Å². The summed E-state index contributed by atoms with van der Waals surface area (Å²) in [5.74, 6) is 0.796. The first-order chi connectivity index (χ1) is 14.3. The number of hydrogen-bond acceptors (Lipinski definition) is 5. The molecule has 1 saturated heterocycles. The Kier molecular flexibility index (Phi) is 7.19. The Morgan fingerprint density at radius 2 is 2.10 bits per heavy atom. The summed E-state index contributed by atoms with van der Waals surface area (Å²) in [6.07, 6.45) is 6.81. The van der Waals surface area contributed by atoms with Crippen molar-refractivity contribution in [3.05, 3.63) is 34.7 Å². The minimum Gasteiger partial charge on any atom is -0.383 e. The Morgan fingerprint density at radius 1 is 1.28 bits per heavy atom. The van der Waals surface area contributed by atoms with Crippen molar-refractivity contribution in [3.8, 4) is 0 Å². The van der Waals surface area contributed by atoms with Gasteiger partial charge in [-0.3, -0.25) is 9.69 Å². The van der Waals surface area contributed by atoms with E-state index in [4.69, 9.17) is 9.47 Å². The zero-order chi connectivity index (χ0) is 20.1. The second kappa shape index (κ2) is 10.0. The Hall–Kier alpha value is -1.47. The van der Waals surface area contributed by atoms with Crippen molar-refractivity contribution in [2.45, 2.75) is 38.2 Å². The van der Waals surface area contributed by atoms with Gasteiger partial charge in [0.05, 0.1) is 24.2 Å². The lowest BCUT2D eigenvalue weighted by molar-refractivity contribution is -0.0353. The monoisotopic (exact) mass is 416 g/mol. The number of benzene rings is 1. The average Bonchev–Trinajstić information content (AvgIpc) is 3.14. The van der Waals surface area contributed by atoms with Crippen LogP contribution >= 0.6 is 11.3 Å². The summed E-state index contributed by atoms with van der Waals surface area (Å²) in [6, 6.07) is 8.30. The van der Waals surface area contributed by atoms with Crippen molar-refractivity contribution in [2.24, 2.45) is 5.92 Å². The molecule has 158 valence electrons. The van der Waals surface area contributed by atoms with Gasteiger partial charge in [-0.1, -0.05) is 37.5 Å². The molecule has 1 amide bonds. The molecule has 2 heterocycles. The van der Waals surface area contributed by atoms with Gasteiger partial charge >= 0.3 is 0 Å². The van der Waals surface area contributed by atoms with Crippen LogP contribution in [0.2, 0.25) is 0 Å². The topological polar surface area (TPSA) is 50.8 Å². The molecule has 29 heavy (non-hydrogen) atoms. The molecule has 6 heteroatoms. The fraction of sp³-hybridized carbons (Fsp3) is 0.609. The second-order valence-electron chi connectivity index (χ2n) is 8.21. The zero-order valence-electron chi connectivity index (χ0n) is 17.3. The Balaban J connectivity index is 1.54. The molecule has 0 spiro atoms. The predicted molar refractivity (Wildman–Crippen MR) is 118 cm³/mol. The van der Waals surface area contributed by atoms with Crippen LogP contribution in [-0.4, -0.2) is 57.3 Å². The molecule has 1 saturated carbocycles. The van der Waals surface area contributed by atoms with Gasteiger partial charge in [-0.15, -0.1) is 11.3 Å². The fourth-order valence-corrected chi connectivity index (χ4v) is 5.85. The number of nitrogens with zero attached hydrogens (tertiary/aromatic N) is 1. The minimum atomic E-state index is -0.0494. The SMILES string of the molecule is COCCNC(=O)c1sc2ccccc2c1C1CN(CC2CCCCC2)CCO1. The van der Waals surface area contributed by atoms with Crippen molar-refractivity contribution < 1.29 is 14.3 Å². The van der Waals surface area contributed by atoms with E-state index in [1.54, 1.807) is 18.4 Å². The van der Waals surface area contributed by atoms with Crippen molar-refractivity contribution >= 4 is 27.3 Å². The maximum Gasteiger partial charge on any atom is 0.261 e. The molecule has 1 atom stereocenters. The first-order valence-corrected chi connectivity index (χ1v) is 11.7. The second-order valence-corrected chi connectivity index (χ2v) is 9.26. The van der Waals surface area contributed by atoms with Gasteiger partial charge in [0, 0.05) is 43.6 Å². The number of ether oxygens (including phenoxy) is 2. The van der Waals surface area contributed by atoms with E-state index in [1.165, 1.54) is 32.1 Å². The third-order valence-corrected chi connectivity index (χ3v) is 7.33. The van der Waals surface area contributed by atoms with E-state index in [9.17, 15) is 4.79 Å². The van der Waals surface area contributed by atoms with Gasteiger partial charge in [0.25, 0.3) is 5.91 Å². The molecule has 0 bridgehead atoms. The molecule has 5 nitrogen and oxygen atoms in total. The molecule has 0 radical (unpaired) electrons. The van der Waals surface area contributed by atoms with E-state index >= 15 is 0 Å². The fourth-order valence-electron chi connectivity index (χ4n) is 4.68. The summed E-state index contributed by atoms with van der Waals surface area (Å²) in [4.78, 5) is 16.3. The van der Waals surface area contributed by atoms with Crippen LogP contribution in [0.1, 0.15) is 53.4 Å². The quantitative estimate of drug-likeness (QED) is 0.686. The van der Waals surface area contributed by atoms with Crippen LogP contribution in [0, 0.1) is 5.92 Å². The molecule has 1 aromatic carbocycles. The maximum absolute atomic E-state index is 12.9. The van der Waals surface area contributed by atoms with Gasteiger partial charge in [-0.05, 0) is 30.2 Å². The summed E-state index contributed by atoms with van der Waals surface area (Å²) < 4.78 is 12.4. The highest BCUT2D eigenvalue weighted by Gasteiger charge is 2.30. The number of hydrogen-bond donors (Lipinski definition) is 1. The molecular formula is C23H32N2O3S. The van der Waals surface area contributed by atoms with Crippen molar-refractivity contribution in [2.75, 3.05) is 46.5 Å². The van der Waals surface area contributed by atoms with Gasteiger partial charge in [0.1, 0.15) is 0 Å². The summed E-state index contributed by atoms with van der Waals surface area (Å²) in [5, 5.41) is 4.15. The summed E-state index contributed by atoms with van der Waals surface area (Å²) in [6.45, 7) is 4.78. The molecule has 1 aliphatic carbocycles. The van der Waals surface area contributed by atoms with Crippen LogP contribution in [0.4, 0.5) is 0 Å². The molecule has 1 unspecified atom stereocenters. The van der Waals surface area contributed by atoms with Crippen LogP contribution in [-0.2, 0) is 9.47 Å². The number of methoxy groups -OCH3 is 1. The molecule has 1 N–H and O–H groups in total. The number of amides is 1. The maximum atomic E-state index is 12.9.